The minimum atomic E-state index is -0.415. The molecule has 80 valence electrons. The van der Waals surface area contributed by atoms with Crippen LogP contribution < -0.4 is 10.5 Å². The number of amides is 1. The summed E-state index contributed by atoms with van der Waals surface area (Å²) in [5.41, 5.74) is 6.93. The molecule has 3 nitrogen and oxygen atoms in total. The summed E-state index contributed by atoms with van der Waals surface area (Å²) in [7, 11) is 0. The lowest BCUT2D eigenvalue weighted by Gasteiger charge is -2.08. The second-order valence-electron chi connectivity index (χ2n) is 3.66. The zero-order valence-corrected chi connectivity index (χ0v) is 10.6. The first-order chi connectivity index (χ1) is 7.11. The fraction of sp³-hybridized carbons (Fsp3) is 0.364. The Bertz CT molecular complexity index is 417. The summed E-state index contributed by atoms with van der Waals surface area (Å²) < 4.78 is 6.73. The Kier molecular flexibility index (Phi) is 2.86. The van der Waals surface area contributed by atoms with Crippen molar-refractivity contribution in [2.45, 2.75) is 25.9 Å². The molecule has 0 bridgehead atoms. The molecule has 0 aliphatic carbocycles. The Labute approximate surface area is 102 Å². The number of hydrogen-bond acceptors (Lipinski definition) is 2. The summed E-state index contributed by atoms with van der Waals surface area (Å²) in [5, 5.41) is 0. The molecule has 4 heteroatoms. The normalized spacial score (nSPS) is 18.4. The number of nitrogens with two attached hydrogens (primary N) is 1. The number of halogens is 1. The van der Waals surface area contributed by atoms with Crippen LogP contribution >= 0.6 is 22.6 Å². The largest absolute Gasteiger partial charge is 0.489 e. The average molecular weight is 317 g/mol. The Hall–Kier alpha value is -0.780. The molecular weight excluding hydrogens is 305 g/mol. The third-order valence-electron chi connectivity index (χ3n) is 2.58. The Balaban J connectivity index is 2.48. The molecule has 2 rings (SSSR count). The Morgan fingerprint density at radius 2 is 2.40 bits per heavy atom. The average Bonchev–Trinajstić information content (AvgIpc) is 2.58. The van der Waals surface area contributed by atoms with E-state index in [0.29, 0.717) is 11.3 Å². The van der Waals surface area contributed by atoms with Gasteiger partial charge in [-0.05, 0) is 46.7 Å². The molecule has 0 aromatic heterocycles. The van der Waals surface area contributed by atoms with Gasteiger partial charge in [0.2, 0.25) is 0 Å². The molecule has 1 unspecified atom stereocenters. The van der Waals surface area contributed by atoms with Gasteiger partial charge in [0, 0.05) is 9.99 Å². The van der Waals surface area contributed by atoms with Crippen LogP contribution in [0.25, 0.3) is 0 Å². The topological polar surface area (TPSA) is 52.3 Å². The van der Waals surface area contributed by atoms with E-state index < -0.39 is 5.91 Å². The van der Waals surface area contributed by atoms with Crippen molar-refractivity contribution in [2.75, 3.05) is 0 Å². The van der Waals surface area contributed by atoms with Crippen molar-refractivity contribution in [3.8, 4) is 5.75 Å². The molecular formula is C11H12INO2. The van der Waals surface area contributed by atoms with Gasteiger partial charge < -0.3 is 10.5 Å². The van der Waals surface area contributed by atoms with Crippen LogP contribution in [0.15, 0.2) is 12.1 Å². The molecule has 1 aromatic carbocycles. The molecule has 1 aliphatic heterocycles. The first-order valence-electron chi connectivity index (χ1n) is 4.90. The summed E-state index contributed by atoms with van der Waals surface area (Å²) >= 11 is 2.19. The van der Waals surface area contributed by atoms with E-state index in [1.165, 1.54) is 0 Å². The summed E-state index contributed by atoms with van der Waals surface area (Å²) in [6.07, 6.45) is 2.02. The predicted molar refractivity (Wildman–Crippen MR) is 66.1 cm³/mol. The highest BCUT2D eigenvalue weighted by Crippen LogP contribution is 2.34. The predicted octanol–water partition coefficient (Wildman–Crippen LogP) is 2.10. The van der Waals surface area contributed by atoms with Crippen molar-refractivity contribution < 1.29 is 9.53 Å². The molecule has 0 spiro atoms. The number of carbonyl (C=O) groups excluding carboxylic acids is 1. The Morgan fingerprint density at radius 1 is 1.67 bits per heavy atom. The van der Waals surface area contributed by atoms with Gasteiger partial charge in [0.15, 0.2) is 0 Å². The Morgan fingerprint density at radius 3 is 3.00 bits per heavy atom. The van der Waals surface area contributed by atoms with Crippen LogP contribution in [0.5, 0.6) is 5.75 Å². The minimum Gasteiger partial charge on any atom is -0.489 e. The zero-order chi connectivity index (χ0) is 11.0. The third-order valence-corrected chi connectivity index (χ3v) is 3.21. The summed E-state index contributed by atoms with van der Waals surface area (Å²) in [6, 6.07) is 3.83. The lowest BCUT2D eigenvalue weighted by molar-refractivity contribution is 0.0995. The summed E-state index contributed by atoms with van der Waals surface area (Å²) in [6.45, 7) is 2.07. The molecule has 1 amide bonds. The first kappa shape index (κ1) is 10.7. The lowest BCUT2D eigenvalue weighted by Crippen LogP contribution is -2.14. The third kappa shape index (κ3) is 1.95. The van der Waals surface area contributed by atoms with E-state index in [2.05, 4.69) is 35.6 Å². The zero-order valence-electron chi connectivity index (χ0n) is 8.42. The van der Waals surface area contributed by atoms with Crippen LogP contribution in [0.4, 0.5) is 0 Å². The number of primary amides is 1. The molecule has 1 atom stereocenters. The summed E-state index contributed by atoms with van der Waals surface area (Å²) in [4.78, 5) is 11.2. The van der Waals surface area contributed by atoms with Gasteiger partial charge in [0.05, 0.1) is 5.56 Å². The second-order valence-corrected chi connectivity index (χ2v) is 4.90. The van der Waals surface area contributed by atoms with Gasteiger partial charge >= 0.3 is 0 Å². The number of rotatable bonds is 2. The van der Waals surface area contributed by atoms with Gasteiger partial charge in [-0.2, -0.15) is 0 Å². The van der Waals surface area contributed by atoms with Gasteiger partial charge in [-0.25, -0.2) is 0 Å². The summed E-state index contributed by atoms with van der Waals surface area (Å²) in [5.74, 6) is 0.274. The molecule has 0 radical (unpaired) electrons. The molecule has 2 N–H and O–H groups in total. The molecule has 1 aliphatic rings. The van der Waals surface area contributed by atoms with Crippen LogP contribution in [-0.2, 0) is 6.42 Å². The molecule has 1 heterocycles. The van der Waals surface area contributed by atoms with E-state index in [9.17, 15) is 4.79 Å². The van der Waals surface area contributed by atoms with Gasteiger partial charge in [0.1, 0.15) is 11.9 Å². The van der Waals surface area contributed by atoms with Crippen molar-refractivity contribution >= 4 is 28.5 Å². The SMILES string of the molecule is CCC1Cc2cc(I)cc(C(N)=O)c2O1. The van der Waals surface area contributed by atoms with E-state index in [1.54, 1.807) is 6.07 Å². The quantitative estimate of drug-likeness (QED) is 0.850. The van der Waals surface area contributed by atoms with Crippen LogP contribution in [0.2, 0.25) is 0 Å². The molecule has 0 saturated carbocycles. The monoisotopic (exact) mass is 317 g/mol. The molecule has 15 heavy (non-hydrogen) atoms. The molecule has 1 aromatic rings. The fourth-order valence-electron chi connectivity index (χ4n) is 1.81. The van der Waals surface area contributed by atoms with Gasteiger partial charge in [0.25, 0.3) is 5.91 Å². The molecule has 0 fully saturated rings. The molecule has 0 saturated heterocycles. The van der Waals surface area contributed by atoms with Gasteiger partial charge in [-0.1, -0.05) is 6.92 Å². The number of hydrogen-bond donors (Lipinski definition) is 1. The minimum absolute atomic E-state index is 0.191. The number of benzene rings is 1. The van der Waals surface area contributed by atoms with Crippen LogP contribution in [0, 0.1) is 3.57 Å². The smallest absolute Gasteiger partial charge is 0.252 e. The van der Waals surface area contributed by atoms with Crippen LogP contribution in [0.1, 0.15) is 29.3 Å². The highest BCUT2D eigenvalue weighted by molar-refractivity contribution is 14.1. The highest BCUT2D eigenvalue weighted by atomic mass is 127. The number of fused-ring (bicyclic) bond motifs is 1. The standard InChI is InChI=1S/C11H12INO2/c1-2-8-4-6-3-7(12)5-9(11(13)14)10(6)15-8/h3,5,8H,2,4H2,1H3,(H2,13,14). The maximum atomic E-state index is 11.2. The number of carbonyl (C=O) groups is 1. The van der Waals surface area contributed by atoms with Crippen molar-refractivity contribution in [3.63, 3.8) is 0 Å². The first-order valence-corrected chi connectivity index (χ1v) is 5.98. The van der Waals surface area contributed by atoms with E-state index in [0.717, 1.165) is 22.0 Å². The van der Waals surface area contributed by atoms with Gasteiger partial charge in [-0.15, -0.1) is 0 Å². The van der Waals surface area contributed by atoms with Crippen molar-refractivity contribution in [1.29, 1.82) is 0 Å². The van der Waals surface area contributed by atoms with Gasteiger partial charge in [-0.3, -0.25) is 4.79 Å². The van der Waals surface area contributed by atoms with E-state index in [-0.39, 0.29) is 6.10 Å². The van der Waals surface area contributed by atoms with Crippen molar-refractivity contribution in [2.24, 2.45) is 5.73 Å². The second kappa shape index (κ2) is 4.00. The van der Waals surface area contributed by atoms with E-state index in [1.807, 2.05) is 0 Å². The fourth-order valence-corrected chi connectivity index (χ4v) is 2.49. The highest BCUT2D eigenvalue weighted by Gasteiger charge is 2.26. The maximum absolute atomic E-state index is 11.2. The van der Waals surface area contributed by atoms with E-state index in [4.69, 9.17) is 10.5 Å². The maximum Gasteiger partial charge on any atom is 0.252 e. The van der Waals surface area contributed by atoms with Crippen LogP contribution in [0.3, 0.4) is 0 Å². The van der Waals surface area contributed by atoms with Crippen molar-refractivity contribution in [1.82, 2.24) is 0 Å². The van der Waals surface area contributed by atoms with Crippen LogP contribution in [-0.4, -0.2) is 12.0 Å². The lowest BCUT2D eigenvalue weighted by atomic mass is 10.1. The van der Waals surface area contributed by atoms with Crippen molar-refractivity contribution in [3.05, 3.63) is 26.8 Å². The number of ether oxygens (including phenoxy) is 1. The van der Waals surface area contributed by atoms with E-state index >= 15 is 0 Å².